The van der Waals surface area contributed by atoms with Crippen molar-refractivity contribution in [3.8, 4) is 21.5 Å². The zero-order chi connectivity index (χ0) is 19.3. The number of thiophene rings is 1. The fourth-order valence-electron chi connectivity index (χ4n) is 2.40. The second-order valence-corrected chi connectivity index (χ2v) is 7.73. The maximum atomic E-state index is 13.0. The van der Waals surface area contributed by atoms with E-state index in [2.05, 4.69) is 15.3 Å². The standard InChI is InChI=1S/C20H14FN3O2S2/c21-14-3-5-15(6-4-14)26-18-10-13(7-8-22-18)11-23-19(25)17-12-24-20(28-17)16-2-1-9-27-16/h1-10,12H,11H2,(H,23,25). The molecular formula is C20H14FN3O2S2. The van der Waals surface area contributed by atoms with Crippen molar-refractivity contribution in [3.63, 3.8) is 0 Å². The van der Waals surface area contributed by atoms with Crippen LogP contribution in [0.4, 0.5) is 4.39 Å². The smallest absolute Gasteiger partial charge is 0.263 e. The summed E-state index contributed by atoms with van der Waals surface area (Å²) in [5.41, 5.74) is 0.837. The van der Waals surface area contributed by atoms with E-state index in [1.165, 1.54) is 35.6 Å². The number of ether oxygens (including phenoxy) is 1. The zero-order valence-corrected chi connectivity index (χ0v) is 16.1. The van der Waals surface area contributed by atoms with Gasteiger partial charge < -0.3 is 10.1 Å². The van der Waals surface area contributed by atoms with E-state index in [9.17, 15) is 9.18 Å². The van der Waals surface area contributed by atoms with Crippen LogP contribution in [0.25, 0.3) is 9.88 Å². The molecule has 4 rings (SSSR count). The number of nitrogens with one attached hydrogen (secondary N) is 1. The number of aromatic nitrogens is 2. The van der Waals surface area contributed by atoms with E-state index < -0.39 is 0 Å². The van der Waals surface area contributed by atoms with Gasteiger partial charge in [-0.1, -0.05) is 6.07 Å². The lowest BCUT2D eigenvalue weighted by Crippen LogP contribution is -2.21. The normalized spacial score (nSPS) is 10.6. The van der Waals surface area contributed by atoms with E-state index >= 15 is 0 Å². The Morgan fingerprint density at radius 3 is 2.79 bits per heavy atom. The molecule has 0 bridgehead atoms. The summed E-state index contributed by atoms with van der Waals surface area (Å²) in [6.07, 6.45) is 3.19. The highest BCUT2D eigenvalue weighted by Gasteiger charge is 2.12. The largest absolute Gasteiger partial charge is 0.439 e. The summed E-state index contributed by atoms with van der Waals surface area (Å²) >= 11 is 2.95. The molecule has 1 N–H and O–H groups in total. The molecule has 0 aliphatic heterocycles. The number of hydrogen-bond acceptors (Lipinski definition) is 6. The van der Waals surface area contributed by atoms with Gasteiger partial charge in [0.25, 0.3) is 5.91 Å². The first-order valence-electron chi connectivity index (χ1n) is 8.33. The van der Waals surface area contributed by atoms with Crippen LogP contribution in [0.2, 0.25) is 0 Å². The summed E-state index contributed by atoms with van der Waals surface area (Å²) in [4.78, 5) is 22.4. The van der Waals surface area contributed by atoms with Gasteiger partial charge in [-0.3, -0.25) is 4.79 Å². The SMILES string of the molecule is O=C(NCc1ccnc(Oc2ccc(F)cc2)c1)c1cnc(-c2cccs2)s1. The minimum absolute atomic E-state index is 0.182. The minimum Gasteiger partial charge on any atom is -0.439 e. The highest BCUT2D eigenvalue weighted by atomic mass is 32.1. The van der Waals surface area contributed by atoms with Crippen LogP contribution in [0.1, 0.15) is 15.2 Å². The van der Waals surface area contributed by atoms with Crippen molar-refractivity contribution in [2.45, 2.75) is 6.54 Å². The maximum Gasteiger partial charge on any atom is 0.263 e. The number of carbonyl (C=O) groups excluding carboxylic acids is 1. The van der Waals surface area contributed by atoms with Crippen molar-refractivity contribution in [1.82, 2.24) is 15.3 Å². The van der Waals surface area contributed by atoms with Crippen LogP contribution in [-0.2, 0) is 6.54 Å². The molecule has 0 aliphatic rings. The van der Waals surface area contributed by atoms with Gasteiger partial charge in [-0.25, -0.2) is 14.4 Å². The van der Waals surface area contributed by atoms with Crippen molar-refractivity contribution < 1.29 is 13.9 Å². The Labute approximate surface area is 168 Å². The molecule has 5 nitrogen and oxygen atoms in total. The van der Waals surface area contributed by atoms with Gasteiger partial charge in [-0.2, -0.15) is 0 Å². The summed E-state index contributed by atoms with van der Waals surface area (Å²) < 4.78 is 18.6. The highest BCUT2D eigenvalue weighted by Crippen LogP contribution is 2.28. The number of carbonyl (C=O) groups is 1. The van der Waals surface area contributed by atoms with Gasteiger partial charge in [0, 0.05) is 18.8 Å². The number of rotatable bonds is 6. The van der Waals surface area contributed by atoms with Crippen LogP contribution in [0.15, 0.2) is 66.3 Å². The number of thiazole rings is 1. The molecule has 0 saturated heterocycles. The van der Waals surface area contributed by atoms with Crippen molar-refractivity contribution in [3.05, 3.63) is 82.6 Å². The first kappa shape index (κ1) is 18.3. The van der Waals surface area contributed by atoms with Gasteiger partial charge in [0.2, 0.25) is 5.88 Å². The molecule has 0 fully saturated rings. The molecule has 8 heteroatoms. The predicted octanol–water partition coefficient (Wildman–Crippen LogP) is 5.13. The molecular weight excluding hydrogens is 397 g/mol. The molecule has 1 amide bonds. The highest BCUT2D eigenvalue weighted by molar-refractivity contribution is 7.21. The maximum absolute atomic E-state index is 13.0. The molecule has 0 atom stereocenters. The van der Waals surface area contributed by atoms with Crippen molar-refractivity contribution in [2.24, 2.45) is 0 Å². The molecule has 0 spiro atoms. The first-order chi connectivity index (χ1) is 13.7. The Kier molecular flexibility index (Phi) is 5.41. The van der Waals surface area contributed by atoms with Gasteiger partial charge in [-0.15, -0.1) is 22.7 Å². The Balaban J connectivity index is 1.38. The van der Waals surface area contributed by atoms with Crippen LogP contribution in [-0.4, -0.2) is 15.9 Å². The molecule has 3 aromatic heterocycles. The van der Waals surface area contributed by atoms with Gasteiger partial charge in [0.15, 0.2) is 0 Å². The lowest BCUT2D eigenvalue weighted by atomic mass is 10.2. The molecule has 4 aromatic rings. The molecule has 0 radical (unpaired) electrons. The number of amides is 1. The zero-order valence-electron chi connectivity index (χ0n) is 14.5. The Bertz CT molecular complexity index is 1080. The predicted molar refractivity (Wildman–Crippen MR) is 107 cm³/mol. The van der Waals surface area contributed by atoms with E-state index in [1.807, 2.05) is 17.5 Å². The number of halogens is 1. The van der Waals surface area contributed by atoms with Gasteiger partial charge in [-0.05, 0) is 47.3 Å². The molecule has 1 aromatic carbocycles. The van der Waals surface area contributed by atoms with Crippen LogP contribution in [0.3, 0.4) is 0 Å². The molecule has 0 aliphatic carbocycles. The minimum atomic E-state index is -0.331. The van der Waals surface area contributed by atoms with Crippen LogP contribution >= 0.6 is 22.7 Å². The number of hydrogen-bond donors (Lipinski definition) is 1. The second kappa shape index (κ2) is 8.28. The summed E-state index contributed by atoms with van der Waals surface area (Å²) in [5.74, 6) is 0.345. The molecule has 3 heterocycles. The van der Waals surface area contributed by atoms with Crippen LogP contribution < -0.4 is 10.1 Å². The van der Waals surface area contributed by atoms with Crippen molar-refractivity contribution in [2.75, 3.05) is 0 Å². The lowest BCUT2D eigenvalue weighted by molar-refractivity contribution is 0.0954. The monoisotopic (exact) mass is 411 g/mol. The third-order valence-corrected chi connectivity index (χ3v) is 5.79. The first-order valence-corrected chi connectivity index (χ1v) is 10.0. The van der Waals surface area contributed by atoms with Crippen molar-refractivity contribution in [1.29, 1.82) is 0 Å². The van der Waals surface area contributed by atoms with Gasteiger partial charge in [0.1, 0.15) is 21.5 Å². The lowest BCUT2D eigenvalue weighted by Gasteiger charge is -2.07. The topological polar surface area (TPSA) is 64.1 Å². The van der Waals surface area contributed by atoms with Crippen molar-refractivity contribution >= 4 is 28.6 Å². The van der Waals surface area contributed by atoms with E-state index in [0.717, 1.165) is 15.4 Å². The quantitative estimate of drug-likeness (QED) is 0.478. The van der Waals surface area contributed by atoms with E-state index in [4.69, 9.17) is 4.74 Å². The third kappa shape index (κ3) is 4.41. The van der Waals surface area contributed by atoms with Crippen LogP contribution in [0.5, 0.6) is 11.6 Å². The molecule has 0 saturated carbocycles. The second-order valence-electron chi connectivity index (χ2n) is 5.75. The molecule has 140 valence electrons. The van der Waals surface area contributed by atoms with Gasteiger partial charge in [0.05, 0.1) is 11.1 Å². The number of benzene rings is 1. The number of nitrogens with zero attached hydrogens (tertiary/aromatic N) is 2. The average Bonchev–Trinajstić information content (AvgIpc) is 3.40. The Morgan fingerprint density at radius 1 is 1.14 bits per heavy atom. The summed E-state index contributed by atoms with van der Waals surface area (Å²) in [7, 11) is 0. The van der Waals surface area contributed by atoms with Gasteiger partial charge >= 0.3 is 0 Å². The van der Waals surface area contributed by atoms with Crippen LogP contribution in [0, 0.1) is 5.82 Å². The summed E-state index contributed by atoms with van der Waals surface area (Å²) in [6, 6.07) is 13.1. The summed E-state index contributed by atoms with van der Waals surface area (Å²) in [6.45, 7) is 0.327. The Morgan fingerprint density at radius 2 is 2.00 bits per heavy atom. The molecule has 0 unspecified atom stereocenters. The third-order valence-electron chi connectivity index (χ3n) is 3.75. The van der Waals surface area contributed by atoms with E-state index in [1.54, 1.807) is 35.9 Å². The van der Waals surface area contributed by atoms with E-state index in [0.29, 0.717) is 23.1 Å². The number of pyridine rings is 1. The molecule has 28 heavy (non-hydrogen) atoms. The van der Waals surface area contributed by atoms with E-state index in [-0.39, 0.29) is 11.7 Å². The fourth-order valence-corrected chi connectivity index (χ4v) is 4.04. The Hall–Kier alpha value is -3.10. The fraction of sp³-hybridized carbons (Fsp3) is 0.0500. The average molecular weight is 411 g/mol. The summed E-state index contributed by atoms with van der Waals surface area (Å²) in [5, 5.41) is 5.68.